The van der Waals surface area contributed by atoms with E-state index in [2.05, 4.69) is 32.8 Å². The van der Waals surface area contributed by atoms with Crippen molar-refractivity contribution < 1.29 is 9.53 Å². The second-order valence-electron chi connectivity index (χ2n) is 8.68. The average molecular weight is 430 g/mol. The van der Waals surface area contributed by atoms with E-state index in [1.54, 1.807) is 0 Å². The highest BCUT2D eigenvalue weighted by Crippen LogP contribution is 2.18. The van der Waals surface area contributed by atoms with Crippen molar-refractivity contribution in [2.45, 2.75) is 64.0 Å². The molecule has 1 saturated carbocycles. The topological polar surface area (TPSA) is 78.0 Å². The molecule has 1 saturated heterocycles. The summed E-state index contributed by atoms with van der Waals surface area (Å²) in [6.07, 6.45) is 8.25. The summed E-state index contributed by atoms with van der Waals surface area (Å²) < 4.78 is 5.56. The Morgan fingerprint density at radius 3 is 2.61 bits per heavy atom. The number of carbonyl (C=O) groups is 1. The molecule has 1 aromatic carbocycles. The van der Waals surface area contributed by atoms with Gasteiger partial charge in [0.2, 0.25) is 0 Å². The van der Waals surface area contributed by atoms with E-state index in [0.29, 0.717) is 6.04 Å². The van der Waals surface area contributed by atoms with Crippen LogP contribution in [0.4, 0.5) is 0 Å². The zero-order valence-corrected chi connectivity index (χ0v) is 19.2. The van der Waals surface area contributed by atoms with Crippen LogP contribution < -0.4 is 20.7 Å². The number of ether oxygens (including phenoxy) is 1. The molecule has 0 bridgehead atoms. The number of aliphatic imine (C=N–C) groups is 1. The Morgan fingerprint density at radius 1 is 1.13 bits per heavy atom. The molecule has 1 heterocycles. The van der Waals surface area contributed by atoms with Crippen LogP contribution in [0.5, 0.6) is 5.75 Å². The van der Waals surface area contributed by atoms with Crippen molar-refractivity contribution in [2.75, 3.05) is 39.8 Å². The van der Waals surface area contributed by atoms with E-state index in [0.717, 1.165) is 63.1 Å². The van der Waals surface area contributed by atoms with Crippen LogP contribution in [0, 0.1) is 0 Å². The fourth-order valence-electron chi connectivity index (χ4n) is 3.92. The van der Waals surface area contributed by atoms with Crippen molar-refractivity contribution in [1.29, 1.82) is 0 Å². The van der Waals surface area contributed by atoms with Crippen LogP contribution in [-0.4, -0.2) is 68.7 Å². The van der Waals surface area contributed by atoms with Gasteiger partial charge in [0.05, 0.1) is 0 Å². The number of nitrogens with one attached hydrogen (secondary N) is 3. The average Bonchev–Trinajstić information content (AvgIpc) is 3.60. The van der Waals surface area contributed by atoms with Crippen LogP contribution >= 0.6 is 0 Å². The normalized spacial score (nSPS) is 19.7. The van der Waals surface area contributed by atoms with E-state index in [1.807, 2.05) is 31.3 Å². The van der Waals surface area contributed by atoms with E-state index in [1.165, 1.54) is 31.4 Å². The van der Waals surface area contributed by atoms with E-state index in [9.17, 15) is 4.79 Å². The molecule has 3 N–H and O–H groups in total. The van der Waals surface area contributed by atoms with Gasteiger partial charge in [-0.3, -0.25) is 9.79 Å². The van der Waals surface area contributed by atoms with E-state index in [4.69, 9.17) is 4.74 Å². The van der Waals surface area contributed by atoms with Gasteiger partial charge >= 0.3 is 0 Å². The van der Waals surface area contributed by atoms with Crippen LogP contribution in [0.3, 0.4) is 0 Å². The molecule has 1 aromatic rings. The molecule has 31 heavy (non-hydrogen) atoms. The molecule has 1 unspecified atom stereocenters. The molecule has 1 aliphatic carbocycles. The first-order valence-electron chi connectivity index (χ1n) is 11.8. The lowest BCUT2D eigenvalue weighted by Gasteiger charge is -2.33. The summed E-state index contributed by atoms with van der Waals surface area (Å²) in [6.45, 7) is 6.57. The van der Waals surface area contributed by atoms with Crippen LogP contribution in [0.1, 0.15) is 51.0 Å². The van der Waals surface area contributed by atoms with Crippen molar-refractivity contribution in [1.82, 2.24) is 20.9 Å². The van der Waals surface area contributed by atoms with E-state index < -0.39 is 0 Å². The molecule has 172 valence electrons. The number of likely N-dealkylation sites (tertiary alicyclic amines) is 1. The highest BCUT2D eigenvalue weighted by Gasteiger charge is 2.23. The van der Waals surface area contributed by atoms with Gasteiger partial charge < -0.3 is 25.6 Å². The summed E-state index contributed by atoms with van der Waals surface area (Å²) >= 11 is 0. The number of guanidine groups is 1. The van der Waals surface area contributed by atoms with Crippen molar-refractivity contribution in [3.8, 4) is 5.75 Å². The van der Waals surface area contributed by atoms with Gasteiger partial charge in [-0.2, -0.15) is 0 Å². The minimum atomic E-state index is -0.0416. The Hall–Kier alpha value is -2.28. The quantitative estimate of drug-likeness (QED) is 0.286. The fourth-order valence-corrected chi connectivity index (χ4v) is 3.92. The number of hydrogen-bond donors (Lipinski definition) is 3. The lowest BCUT2D eigenvalue weighted by Crippen LogP contribution is -2.41. The van der Waals surface area contributed by atoms with Crippen molar-refractivity contribution in [3.05, 3.63) is 29.8 Å². The summed E-state index contributed by atoms with van der Waals surface area (Å²) in [6, 6.07) is 9.04. The minimum Gasteiger partial charge on any atom is -0.484 e. The first kappa shape index (κ1) is 23.4. The maximum Gasteiger partial charge on any atom is 0.258 e. The molecule has 7 nitrogen and oxygen atoms in total. The number of benzene rings is 1. The third-order valence-corrected chi connectivity index (χ3v) is 6.02. The van der Waals surface area contributed by atoms with E-state index in [-0.39, 0.29) is 12.5 Å². The van der Waals surface area contributed by atoms with Gasteiger partial charge in [0, 0.05) is 38.8 Å². The number of carbonyl (C=O) groups excluding carboxylic acids is 1. The third kappa shape index (κ3) is 8.77. The zero-order chi connectivity index (χ0) is 21.9. The Bertz CT molecular complexity index is 702. The summed E-state index contributed by atoms with van der Waals surface area (Å²) in [5, 5.41) is 9.73. The summed E-state index contributed by atoms with van der Waals surface area (Å²) in [7, 11) is 1.81. The highest BCUT2D eigenvalue weighted by molar-refractivity contribution is 5.79. The van der Waals surface area contributed by atoms with Gasteiger partial charge in [0.15, 0.2) is 12.6 Å². The SMILES string of the molecule is CN=C(NCCCN1CCCCC1C)NCCc1ccc(OCC(=O)NC2CC2)cc1. The molecule has 7 heteroatoms. The van der Waals surface area contributed by atoms with Gasteiger partial charge in [-0.05, 0) is 69.7 Å². The first-order chi connectivity index (χ1) is 15.1. The van der Waals surface area contributed by atoms with Crippen LogP contribution in [0.15, 0.2) is 29.3 Å². The van der Waals surface area contributed by atoms with Crippen molar-refractivity contribution >= 4 is 11.9 Å². The van der Waals surface area contributed by atoms with Crippen molar-refractivity contribution in [3.63, 3.8) is 0 Å². The number of hydrogen-bond acceptors (Lipinski definition) is 4. The number of piperidine rings is 1. The highest BCUT2D eigenvalue weighted by atomic mass is 16.5. The molecule has 0 spiro atoms. The summed E-state index contributed by atoms with van der Waals surface area (Å²) in [5.74, 6) is 1.54. The molecule has 0 aromatic heterocycles. The molecule has 1 amide bonds. The molecule has 1 aliphatic heterocycles. The Labute approximate surface area is 187 Å². The predicted octanol–water partition coefficient (Wildman–Crippen LogP) is 2.32. The van der Waals surface area contributed by atoms with Gasteiger partial charge in [0.25, 0.3) is 5.91 Å². The monoisotopic (exact) mass is 429 g/mol. The molecule has 3 rings (SSSR count). The third-order valence-electron chi connectivity index (χ3n) is 6.02. The largest absolute Gasteiger partial charge is 0.484 e. The second-order valence-corrected chi connectivity index (χ2v) is 8.68. The Balaban J connectivity index is 1.27. The molecular formula is C24H39N5O2. The first-order valence-corrected chi connectivity index (χ1v) is 11.8. The van der Waals surface area contributed by atoms with Gasteiger partial charge in [-0.1, -0.05) is 18.6 Å². The maximum atomic E-state index is 11.7. The second kappa shape index (κ2) is 12.5. The minimum absolute atomic E-state index is 0.0416. The summed E-state index contributed by atoms with van der Waals surface area (Å²) in [4.78, 5) is 18.6. The molecule has 0 radical (unpaired) electrons. The molecule has 2 fully saturated rings. The predicted molar refractivity (Wildman–Crippen MR) is 126 cm³/mol. The molecule has 2 aliphatic rings. The van der Waals surface area contributed by atoms with Gasteiger partial charge in [-0.15, -0.1) is 0 Å². The fraction of sp³-hybridized carbons (Fsp3) is 0.667. The van der Waals surface area contributed by atoms with E-state index >= 15 is 0 Å². The molecular weight excluding hydrogens is 390 g/mol. The smallest absolute Gasteiger partial charge is 0.258 e. The van der Waals surface area contributed by atoms with Gasteiger partial charge in [-0.25, -0.2) is 0 Å². The lowest BCUT2D eigenvalue weighted by atomic mass is 10.0. The number of nitrogens with zero attached hydrogens (tertiary/aromatic N) is 2. The summed E-state index contributed by atoms with van der Waals surface area (Å²) in [5.41, 5.74) is 1.22. The maximum absolute atomic E-state index is 11.7. The van der Waals surface area contributed by atoms with Crippen LogP contribution in [0.25, 0.3) is 0 Å². The number of rotatable bonds is 11. The Morgan fingerprint density at radius 2 is 1.90 bits per heavy atom. The zero-order valence-electron chi connectivity index (χ0n) is 19.2. The van der Waals surface area contributed by atoms with Crippen LogP contribution in [-0.2, 0) is 11.2 Å². The van der Waals surface area contributed by atoms with Crippen LogP contribution in [0.2, 0.25) is 0 Å². The van der Waals surface area contributed by atoms with Gasteiger partial charge in [0.1, 0.15) is 5.75 Å². The number of amides is 1. The lowest BCUT2D eigenvalue weighted by molar-refractivity contribution is -0.123. The Kier molecular flexibility index (Phi) is 9.46. The molecule has 1 atom stereocenters. The van der Waals surface area contributed by atoms with Crippen molar-refractivity contribution in [2.24, 2.45) is 4.99 Å². The standard InChI is InChI=1S/C24H39N5O2/c1-19-6-3-4-16-29(19)17-5-14-26-24(25-2)27-15-13-20-7-11-22(12-8-20)31-18-23(30)28-21-9-10-21/h7-8,11-12,19,21H,3-6,9-10,13-18H2,1-2H3,(H,28,30)(H2,25,26,27).